The van der Waals surface area contributed by atoms with E-state index >= 15 is 0 Å². The third kappa shape index (κ3) is 9.13. The van der Waals surface area contributed by atoms with Crippen molar-refractivity contribution in [2.75, 3.05) is 19.8 Å². The molecule has 0 fully saturated rings. The fraction of sp³-hybridized carbons (Fsp3) is 0.485. The Bertz CT molecular complexity index is 1520. The van der Waals surface area contributed by atoms with Crippen LogP contribution in [-0.2, 0) is 29.8 Å². The molecule has 2 rings (SSSR count). The van der Waals surface area contributed by atoms with Gasteiger partial charge in [0.1, 0.15) is 11.9 Å². The maximum Gasteiger partial charge on any atom is 0.264 e. The van der Waals surface area contributed by atoms with Gasteiger partial charge in [-0.1, -0.05) is 84.9 Å². The summed E-state index contributed by atoms with van der Waals surface area (Å²) in [4.78, 5) is 41.7. The summed E-state index contributed by atoms with van der Waals surface area (Å²) in [5, 5.41) is 6.09. The molecule has 2 aromatic rings. The molecule has 0 aromatic heterocycles. The van der Waals surface area contributed by atoms with Crippen LogP contribution >= 0.6 is 0 Å². The molecule has 0 saturated carbocycles. The van der Waals surface area contributed by atoms with E-state index in [4.69, 9.17) is 5.73 Å². The number of amides is 3. The van der Waals surface area contributed by atoms with Gasteiger partial charge in [0.2, 0.25) is 11.8 Å². The number of carbonyl (C=O) groups is 3. The van der Waals surface area contributed by atoms with Crippen molar-refractivity contribution < 1.29 is 27.2 Å². The molecule has 2 aromatic carbocycles. The second-order valence-corrected chi connectivity index (χ2v) is 15.0. The summed E-state index contributed by atoms with van der Waals surface area (Å²) in [6.07, 6.45) is 1.51. The number of likely N-dealkylation sites (N-methyl/N-ethyl adjacent to an activating group) is 2. The number of nitrogens with one attached hydrogen (secondary N) is 3. The zero-order chi connectivity index (χ0) is 34.5. The van der Waals surface area contributed by atoms with E-state index in [0.717, 1.165) is 23.8 Å². The first-order valence-corrected chi connectivity index (χ1v) is 16.2. The molecule has 0 aliphatic carbocycles. The highest BCUT2D eigenvalue weighted by molar-refractivity contribution is 7.90. The molecular weight excluding hydrogens is 597 g/mol. The van der Waals surface area contributed by atoms with E-state index in [0.29, 0.717) is 0 Å². The largest absolute Gasteiger partial charge is 0.396 e. The lowest BCUT2D eigenvalue weighted by molar-refractivity contribution is -0.140. The van der Waals surface area contributed by atoms with Gasteiger partial charge in [-0.05, 0) is 49.1 Å². The Morgan fingerprint density at radius 1 is 0.978 bits per heavy atom. The SMILES string of the molecule is CNC(C(=O)NC(C(=O)N(C)C(/C=C(\C)C(=O)NS(=O)(=O)c1ccc(N)c(F)c1)C(C)C)C(C)(C)C)C(C)(C)c1ccccc1. The molecule has 0 aliphatic heterocycles. The van der Waals surface area contributed by atoms with Crippen LogP contribution in [0.25, 0.3) is 0 Å². The molecule has 0 heterocycles. The van der Waals surface area contributed by atoms with Gasteiger partial charge in [-0.2, -0.15) is 0 Å². The summed E-state index contributed by atoms with van der Waals surface area (Å²) in [5.41, 5.74) is 4.90. The van der Waals surface area contributed by atoms with Crippen molar-refractivity contribution in [2.45, 2.75) is 83.8 Å². The summed E-state index contributed by atoms with van der Waals surface area (Å²) in [6, 6.07) is 10.3. The van der Waals surface area contributed by atoms with Gasteiger partial charge in [0.15, 0.2) is 0 Å². The van der Waals surface area contributed by atoms with E-state index in [-0.39, 0.29) is 29.0 Å². The number of nitrogen functional groups attached to an aromatic ring is 1. The Labute approximate surface area is 267 Å². The molecule has 10 nitrogen and oxygen atoms in total. The molecule has 0 saturated heterocycles. The minimum atomic E-state index is -4.40. The number of sulfonamides is 1. The number of benzene rings is 2. The van der Waals surface area contributed by atoms with Gasteiger partial charge >= 0.3 is 0 Å². The number of hydrogen-bond acceptors (Lipinski definition) is 7. The fourth-order valence-electron chi connectivity index (χ4n) is 5.10. The molecule has 0 bridgehead atoms. The zero-order valence-electron chi connectivity index (χ0n) is 27.9. The highest BCUT2D eigenvalue weighted by atomic mass is 32.2. The van der Waals surface area contributed by atoms with Crippen LogP contribution in [0.5, 0.6) is 0 Å². The maximum absolute atomic E-state index is 14.0. The average Bonchev–Trinajstić information content (AvgIpc) is 2.94. The Morgan fingerprint density at radius 3 is 2.04 bits per heavy atom. The summed E-state index contributed by atoms with van der Waals surface area (Å²) in [6.45, 7) is 14.6. The molecule has 45 heavy (non-hydrogen) atoms. The summed E-state index contributed by atoms with van der Waals surface area (Å²) < 4.78 is 41.3. The van der Waals surface area contributed by atoms with E-state index in [1.807, 2.05) is 83.5 Å². The first-order chi connectivity index (χ1) is 20.6. The molecule has 0 radical (unpaired) electrons. The van der Waals surface area contributed by atoms with Gasteiger partial charge in [-0.25, -0.2) is 17.5 Å². The van der Waals surface area contributed by atoms with Gasteiger partial charge in [-0.3, -0.25) is 14.4 Å². The highest BCUT2D eigenvalue weighted by Crippen LogP contribution is 2.29. The second kappa shape index (κ2) is 14.6. The van der Waals surface area contributed by atoms with Crippen LogP contribution in [0.3, 0.4) is 0 Å². The predicted molar refractivity (Wildman–Crippen MR) is 175 cm³/mol. The minimum Gasteiger partial charge on any atom is -0.396 e. The van der Waals surface area contributed by atoms with Gasteiger partial charge in [0.05, 0.1) is 22.7 Å². The smallest absolute Gasteiger partial charge is 0.264 e. The van der Waals surface area contributed by atoms with Crippen molar-refractivity contribution in [1.29, 1.82) is 0 Å². The summed E-state index contributed by atoms with van der Waals surface area (Å²) in [5.74, 6) is -2.77. The van der Waals surface area contributed by atoms with E-state index in [9.17, 15) is 27.2 Å². The second-order valence-electron chi connectivity index (χ2n) is 13.3. The molecule has 0 aliphatic rings. The van der Waals surface area contributed by atoms with Crippen molar-refractivity contribution in [1.82, 2.24) is 20.3 Å². The molecule has 3 unspecified atom stereocenters. The van der Waals surface area contributed by atoms with Crippen molar-refractivity contribution in [3.05, 3.63) is 71.6 Å². The number of rotatable bonds is 12. The monoisotopic (exact) mass is 645 g/mol. The number of hydrogen-bond donors (Lipinski definition) is 4. The number of carbonyl (C=O) groups excluding carboxylic acids is 3. The zero-order valence-corrected chi connectivity index (χ0v) is 28.7. The van der Waals surface area contributed by atoms with E-state index in [2.05, 4.69) is 10.6 Å². The van der Waals surface area contributed by atoms with E-state index < -0.39 is 55.6 Å². The molecule has 248 valence electrons. The Hall–Kier alpha value is -3.77. The van der Waals surface area contributed by atoms with Crippen LogP contribution in [0.1, 0.15) is 61.0 Å². The predicted octanol–water partition coefficient (Wildman–Crippen LogP) is 3.74. The van der Waals surface area contributed by atoms with Crippen LogP contribution in [0.4, 0.5) is 10.1 Å². The average molecular weight is 646 g/mol. The number of anilines is 1. The number of halogens is 1. The first-order valence-electron chi connectivity index (χ1n) is 14.8. The molecule has 12 heteroatoms. The molecule has 0 spiro atoms. The molecule has 3 atom stereocenters. The summed E-state index contributed by atoms with van der Waals surface area (Å²) in [7, 11) is -1.11. The third-order valence-corrected chi connectivity index (χ3v) is 9.28. The maximum atomic E-state index is 14.0. The Morgan fingerprint density at radius 2 is 1.56 bits per heavy atom. The van der Waals surface area contributed by atoms with Crippen LogP contribution in [0.2, 0.25) is 0 Å². The number of nitrogens with two attached hydrogens (primary N) is 1. The topological polar surface area (TPSA) is 151 Å². The van der Waals surface area contributed by atoms with Crippen molar-refractivity contribution in [2.24, 2.45) is 11.3 Å². The Balaban J connectivity index is 2.34. The molecule has 5 N–H and O–H groups in total. The van der Waals surface area contributed by atoms with Crippen molar-refractivity contribution in [3.63, 3.8) is 0 Å². The van der Waals surface area contributed by atoms with Gasteiger partial charge in [-0.15, -0.1) is 0 Å². The van der Waals surface area contributed by atoms with Crippen molar-refractivity contribution >= 4 is 33.4 Å². The highest BCUT2D eigenvalue weighted by Gasteiger charge is 2.41. The first kappa shape index (κ1) is 37.4. The molecular formula is C33H48FN5O5S. The summed E-state index contributed by atoms with van der Waals surface area (Å²) >= 11 is 0. The van der Waals surface area contributed by atoms with Crippen LogP contribution < -0.4 is 21.1 Å². The van der Waals surface area contributed by atoms with Crippen LogP contribution in [0.15, 0.2) is 65.1 Å². The van der Waals surface area contributed by atoms with E-state index in [1.165, 1.54) is 17.9 Å². The normalized spacial score (nSPS) is 14.8. The standard InChI is InChI=1S/C33H48FN5O5S/c1-20(2)26(18-21(3)29(40)38-45(43,44)23-16-17-25(35)24(34)19-23)39(10)31(42)28(32(4,5)6)37-30(41)27(36-9)33(7,8)22-14-12-11-13-15-22/h11-20,26-28,36H,35H2,1-10H3,(H,37,41)(H,38,40)/b21-18+. The van der Waals surface area contributed by atoms with Gasteiger partial charge in [0, 0.05) is 18.0 Å². The Kier molecular flexibility index (Phi) is 12.1. The lowest BCUT2D eigenvalue weighted by Crippen LogP contribution is -2.61. The quantitative estimate of drug-likeness (QED) is 0.203. The van der Waals surface area contributed by atoms with Gasteiger partial charge < -0.3 is 21.3 Å². The minimum absolute atomic E-state index is 0.0315. The fourth-order valence-corrected chi connectivity index (χ4v) is 6.13. The lowest BCUT2D eigenvalue weighted by Gasteiger charge is -2.40. The van der Waals surface area contributed by atoms with E-state index in [1.54, 1.807) is 14.1 Å². The third-order valence-electron chi connectivity index (χ3n) is 7.96. The molecule has 3 amide bonds. The van der Waals surface area contributed by atoms with Gasteiger partial charge in [0.25, 0.3) is 15.9 Å². The van der Waals surface area contributed by atoms with Crippen molar-refractivity contribution in [3.8, 4) is 0 Å². The number of nitrogens with zero attached hydrogens (tertiary/aromatic N) is 1. The van der Waals surface area contributed by atoms with Crippen LogP contribution in [-0.4, -0.2) is 63.3 Å². The lowest BCUT2D eigenvalue weighted by atomic mass is 9.76. The van der Waals surface area contributed by atoms with Crippen LogP contribution in [0, 0.1) is 17.2 Å².